The standard InChI is InChI=1S/C21H23N5O/c1-4-26(18-7-5-6-15(2)12-18)21(27)19-13-20(25-16(3)24-19)23-14-17-8-10-22-11-9-17/h5-13H,4,14H2,1-3H3,(H,23,24,25). The van der Waals surface area contributed by atoms with Crippen LogP contribution in [0.5, 0.6) is 0 Å². The Labute approximate surface area is 159 Å². The number of nitrogens with one attached hydrogen (secondary N) is 1. The zero-order valence-electron chi connectivity index (χ0n) is 15.8. The van der Waals surface area contributed by atoms with Crippen molar-refractivity contribution < 1.29 is 4.79 Å². The third-order valence-electron chi connectivity index (χ3n) is 4.15. The maximum absolute atomic E-state index is 13.1. The van der Waals surface area contributed by atoms with Gasteiger partial charge in [0.05, 0.1) is 0 Å². The highest BCUT2D eigenvalue weighted by molar-refractivity contribution is 6.05. The molecule has 0 radical (unpaired) electrons. The number of carbonyl (C=O) groups is 1. The van der Waals surface area contributed by atoms with Gasteiger partial charge in [-0.3, -0.25) is 9.78 Å². The van der Waals surface area contributed by atoms with Gasteiger partial charge in [0.15, 0.2) is 0 Å². The van der Waals surface area contributed by atoms with Crippen LogP contribution in [0.25, 0.3) is 0 Å². The third kappa shape index (κ3) is 4.67. The van der Waals surface area contributed by atoms with Crippen molar-refractivity contribution >= 4 is 17.4 Å². The van der Waals surface area contributed by atoms with Gasteiger partial charge in [0.1, 0.15) is 17.3 Å². The Hall–Kier alpha value is -3.28. The number of carbonyl (C=O) groups excluding carboxylic acids is 1. The fourth-order valence-corrected chi connectivity index (χ4v) is 2.84. The monoisotopic (exact) mass is 361 g/mol. The largest absolute Gasteiger partial charge is 0.366 e. The molecule has 0 fully saturated rings. The Bertz CT molecular complexity index is 927. The number of aryl methyl sites for hydroxylation is 2. The van der Waals surface area contributed by atoms with E-state index in [1.165, 1.54) is 0 Å². The molecule has 0 saturated heterocycles. The summed E-state index contributed by atoms with van der Waals surface area (Å²) in [5.41, 5.74) is 3.44. The van der Waals surface area contributed by atoms with Gasteiger partial charge in [-0.05, 0) is 56.2 Å². The lowest BCUT2D eigenvalue weighted by atomic mass is 10.2. The molecule has 2 heterocycles. The molecule has 138 valence electrons. The number of hydrogen-bond donors (Lipinski definition) is 1. The van der Waals surface area contributed by atoms with Gasteiger partial charge in [0.25, 0.3) is 5.91 Å². The minimum Gasteiger partial charge on any atom is -0.366 e. The average molecular weight is 361 g/mol. The number of anilines is 2. The number of benzene rings is 1. The number of amides is 1. The number of pyridine rings is 1. The number of rotatable bonds is 6. The topological polar surface area (TPSA) is 71.0 Å². The smallest absolute Gasteiger partial charge is 0.277 e. The first-order valence-electron chi connectivity index (χ1n) is 8.94. The van der Waals surface area contributed by atoms with E-state index in [-0.39, 0.29) is 5.91 Å². The maximum Gasteiger partial charge on any atom is 0.277 e. The molecule has 1 amide bonds. The van der Waals surface area contributed by atoms with Gasteiger partial charge < -0.3 is 10.2 Å². The summed E-state index contributed by atoms with van der Waals surface area (Å²) < 4.78 is 0. The van der Waals surface area contributed by atoms with E-state index in [9.17, 15) is 4.79 Å². The summed E-state index contributed by atoms with van der Waals surface area (Å²) in [4.78, 5) is 27.5. The van der Waals surface area contributed by atoms with E-state index >= 15 is 0 Å². The lowest BCUT2D eigenvalue weighted by molar-refractivity contribution is 0.0983. The van der Waals surface area contributed by atoms with E-state index in [1.807, 2.05) is 50.2 Å². The van der Waals surface area contributed by atoms with Gasteiger partial charge in [-0.1, -0.05) is 12.1 Å². The Morgan fingerprint density at radius 1 is 1.07 bits per heavy atom. The van der Waals surface area contributed by atoms with Crippen molar-refractivity contribution in [2.24, 2.45) is 0 Å². The van der Waals surface area contributed by atoms with Gasteiger partial charge in [0.2, 0.25) is 0 Å². The fourth-order valence-electron chi connectivity index (χ4n) is 2.84. The maximum atomic E-state index is 13.1. The second kappa shape index (κ2) is 8.40. The van der Waals surface area contributed by atoms with E-state index in [0.717, 1.165) is 16.8 Å². The third-order valence-corrected chi connectivity index (χ3v) is 4.15. The van der Waals surface area contributed by atoms with E-state index < -0.39 is 0 Å². The van der Waals surface area contributed by atoms with Crippen LogP contribution in [0.15, 0.2) is 54.9 Å². The van der Waals surface area contributed by atoms with Gasteiger partial charge >= 0.3 is 0 Å². The predicted molar refractivity (Wildman–Crippen MR) is 107 cm³/mol. The number of nitrogens with zero attached hydrogens (tertiary/aromatic N) is 4. The van der Waals surface area contributed by atoms with Crippen LogP contribution in [0, 0.1) is 13.8 Å². The Morgan fingerprint density at radius 3 is 2.56 bits per heavy atom. The summed E-state index contributed by atoms with van der Waals surface area (Å²) in [6.45, 7) is 6.92. The quantitative estimate of drug-likeness (QED) is 0.724. The molecule has 27 heavy (non-hydrogen) atoms. The molecule has 0 atom stereocenters. The molecule has 3 aromatic rings. The first-order chi connectivity index (χ1) is 13.1. The van der Waals surface area contributed by atoms with Gasteiger partial charge in [-0.2, -0.15) is 0 Å². The van der Waals surface area contributed by atoms with Crippen molar-refractivity contribution in [2.45, 2.75) is 27.3 Å². The molecule has 0 spiro atoms. The van der Waals surface area contributed by atoms with E-state index in [0.29, 0.717) is 30.4 Å². The molecule has 0 aliphatic heterocycles. The van der Waals surface area contributed by atoms with Crippen LogP contribution in [0.2, 0.25) is 0 Å². The second-order valence-corrected chi connectivity index (χ2v) is 6.28. The van der Waals surface area contributed by atoms with E-state index in [4.69, 9.17) is 0 Å². The van der Waals surface area contributed by atoms with E-state index in [2.05, 4.69) is 20.3 Å². The zero-order chi connectivity index (χ0) is 19.2. The Kier molecular flexibility index (Phi) is 5.76. The van der Waals surface area contributed by atoms with Crippen molar-refractivity contribution in [3.8, 4) is 0 Å². The second-order valence-electron chi connectivity index (χ2n) is 6.28. The van der Waals surface area contributed by atoms with Crippen LogP contribution in [0.3, 0.4) is 0 Å². The first kappa shape index (κ1) is 18.5. The summed E-state index contributed by atoms with van der Waals surface area (Å²) in [5.74, 6) is 1.04. The van der Waals surface area contributed by atoms with Crippen molar-refractivity contribution in [3.63, 3.8) is 0 Å². The van der Waals surface area contributed by atoms with E-state index in [1.54, 1.807) is 30.3 Å². The van der Waals surface area contributed by atoms with Crippen LogP contribution in [0.1, 0.15) is 34.4 Å². The van der Waals surface area contributed by atoms with Gasteiger partial charge in [0, 0.05) is 37.2 Å². The molecule has 0 unspecified atom stereocenters. The molecule has 0 aliphatic carbocycles. The first-order valence-corrected chi connectivity index (χ1v) is 8.94. The molecule has 6 heteroatoms. The molecule has 1 N–H and O–H groups in total. The summed E-state index contributed by atoms with van der Waals surface area (Å²) in [6, 6.07) is 13.5. The molecule has 0 bridgehead atoms. The number of aromatic nitrogens is 3. The summed E-state index contributed by atoms with van der Waals surface area (Å²) in [6.07, 6.45) is 3.50. The Balaban J connectivity index is 1.82. The highest BCUT2D eigenvalue weighted by Gasteiger charge is 2.19. The van der Waals surface area contributed by atoms with Crippen molar-refractivity contribution in [3.05, 3.63) is 77.5 Å². The van der Waals surface area contributed by atoms with Crippen LogP contribution in [-0.2, 0) is 6.54 Å². The fraction of sp³-hybridized carbons (Fsp3) is 0.238. The van der Waals surface area contributed by atoms with Crippen LogP contribution in [0.4, 0.5) is 11.5 Å². The minimum atomic E-state index is -0.138. The summed E-state index contributed by atoms with van der Waals surface area (Å²) >= 11 is 0. The molecule has 2 aromatic heterocycles. The Morgan fingerprint density at radius 2 is 1.85 bits per heavy atom. The molecular weight excluding hydrogens is 338 g/mol. The predicted octanol–water partition coefficient (Wildman–Crippen LogP) is 3.77. The summed E-state index contributed by atoms with van der Waals surface area (Å²) in [5, 5.41) is 3.25. The van der Waals surface area contributed by atoms with Crippen LogP contribution in [-0.4, -0.2) is 27.4 Å². The molecule has 3 rings (SSSR count). The zero-order valence-corrected chi connectivity index (χ0v) is 15.8. The minimum absolute atomic E-state index is 0.138. The number of hydrogen-bond acceptors (Lipinski definition) is 5. The van der Waals surface area contributed by atoms with Gasteiger partial charge in [-0.25, -0.2) is 9.97 Å². The van der Waals surface area contributed by atoms with Gasteiger partial charge in [-0.15, -0.1) is 0 Å². The highest BCUT2D eigenvalue weighted by Crippen LogP contribution is 2.19. The summed E-state index contributed by atoms with van der Waals surface area (Å²) in [7, 11) is 0. The lowest BCUT2D eigenvalue weighted by Crippen LogP contribution is -2.31. The normalized spacial score (nSPS) is 10.5. The molecule has 0 aliphatic rings. The SMILES string of the molecule is CCN(C(=O)c1cc(NCc2ccncc2)nc(C)n1)c1cccc(C)c1. The highest BCUT2D eigenvalue weighted by atomic mass is 16.2. The van der Waals surface area contributed by atoms with Crippen molar-refractivity contribution in [1.29, 1.82) is 0 Å². The molecule has 0 saturated carbocycles. The molecule has 6 nitrogen and oxygen atoms in total. The lowest BCUT2D eigenvalue weighted by Gasteiger charge is -2.21. The molecule has 1 aromatic carbocycles. The average Bonchev–Trinajstić information content (AvgIpc) is 2.67. The van der Waals surface area contributed by atoms with Crippen molar-refractivity contribution in [2.75, 3.05) is 16.8 Å². The molecular formula is C21H23N5O. The van der Waals surface area contributed by atoms with Crippen molar-refractivity contribution in [1.82, 2.24) is 15.0 Å². The van der Waals surface area contributed by atoms with Crippen LogP contribution < -0.4 is 10.2 Å². The van der Waals surface area contributed by atoms with Crippen LogP contribution >= 0.6 is 0 Å².